The van der Waals surface area contributed by atoms with Crippen molar-refractivity contribution in [2.24, 2.45) is 11.8 Å². The van der Waals surface area contributed by atoms with Crippen molar-refractivity contribution >= 4 is 0 Å². The molecule has 0 radical (unpaired) electrons. The molecule has 0 bridgehead atoms. The maximum absolute atomic E-state index is 15.3. The molecule has 0 amide bonds. The van der Waals surface area contributed by atoms with Crippen molar-refractivity contribution in [3.63, 3.8) is 0 Å². The van der Waals surface area contributed by atoms with Crippen molar-refractivity contribution < 1.29 is 35.5 Å². The van der Waals surface area contributed by atoms with E-state index in [1.54, 1.807) is 24.3 Å². The van der Waals surface area contributed by atoms with Crippen LogP contribution in [0, 0.1) is 40.9 Å². The molecule has 3 aromatic carbocycles. The molecule has 0 aromatic heterocycles. The normalized spacial score (nSPS) is 22.9. The number of ether oxygens (including phenoxy) is 1. The molecule has 43 heavy (non-hydrogen) atoms. The minimum atomic E-state index is -3.75. The van der Waals surface area contributed by atoms with E-state index in [0.717, 1.165) is 24.3 Å². The molecule has 8 heteroatoms. The van der Waals surface area contributed by atoms with Crippen LogP contribution in [0.15, 0.2) is 48.5 Å². The smallest absolute Gasteiger partial charge is 0.400 e. The Labute approximate surface area is 248 Å². The average molecular weight is 607 g/mol. The van der Waals surface area contributed by atoms with Crippen LogP contribution in [0.3, 0.4) is 0 Å². The van der Waals surface area contributed by atoms with E-state index in [1.807, 2.05) is 6.07 Å². The van der Waals surface area contributed by atoms with Crippen LogP contribution in [0.2, 0.25) is 0 Å². The minimum absolute atomic E-state index is 0.0123. The Balaban J connectivity index is 1.20. The van der Waals surface area contributed by atoms with Gasteiger partial charge in [0.2, 0.25) is 0 Å². The molecule has 0 atom stereocenters. The summed E-state index contributed by atoms with van der Waals surface area (Å²) in [4.78, 5) is 0. The third-order valence-corrected chi connectivity index (χ3v) is 9.44. The molecular formula is C35H37F7O. The molecule has 5 rings (SSSR count). The Morgan fingerprint density at radius 3 is 1.95 bits per heavy atom. The summed E-state index contributed by atoms with van der Waals surface area (Å²) in [5.41, 5.74) is 2.10. The fourth-order valence-corrected chi connectivity index (χ4v) is 6.89. The van der Waals surface area contributed by atoms with Crippen LogP contribution in [0.4, 0.5) is 30.7 Å². The third-order valence-electron chi connectivity index (χ3n) is 9.44. The van der Waals surface area contributed by atoms with E-state index in [4.69, 9.17) is 0 Å². The van der Waals surface area contributed by atoms with Gasteiger partial charge < -0.3 is 4.74 Å². The van der Waals surface area contributed by atoms with Gasteiger partial charge in [0.15, 0.2) is 17.5 Å². The first kappa shape index (κ1) is 31.4. The lowest BCUT2D eigenvalue weighted by molar-refractivity contribution is -0.222. The average Bonchev–Trinajstić information content (AvgIpc) is 2.99. The lowest BCUT2D eigenvalue weighted by Crippen LogP contribution is -2.37. The Hall–Kier alpha value is -3.03. The van der Waals surface area contributed by atoms with Crippen LogP contribution in [0.5, 0.6) is 5.75 Å². The van der Waals surface area contributed by atoms with Gasteiger partial charge in [-0.3, -0.25) is 0 Å². The highest BCUT2D eigenvalue weighted by Gasteiger charge is 2.44. The Kier molecular flexibility index (Phi) is 9.72. The number of benzene rings is 3. The molecule has 2 saturated carbocycles. The van der Waals surface area contributed by atoms with Crippen LogP contribution >= 0.6 is 0 Å². The van der Waals surface area contributed by atoms with E-state index in [9.17, 15) is 22.0 Å². The second-order valence-corrected chi connectivity index (χ2v) is 12.2. The molecule has 0 saturated heterocycles. The molecule has 0 spiro atoms. The van der Waals surface area contributed by atoms with Gasteiger partial charge in [-0.1, -0.05) is 50.5 Å². The monoisotopic (exact) mass is 606 g/mol. The van der Waals surface area contributed by atoms with Gasteiger partial charge in [-0.15, -0.1) is 0 Å². The fraction of sp³-hybridized carbons (Fsp3) is 0.486. The van der Waals surface area contributed by atoms with Gasteiger partial charge in [-0.2, -0.15) is 8.78 Å². The summed E-state index contributed by atoms with van der Waals surface area (Å²) < 4.78 is 105. The Bertz CT molecular complexity index is 1380. The molecular weight excluding hydrogens is 569 g/mol. The molecule has 1 nitrogen and oxygen atoms in total. The first-order chi connectivity index (χ1) is 20.6. The quantitative estimate of drug-likeness (QED) is 0.174. The number of rotatable bonds is 9. The topological polar surface area (TPSA) is 9.23 Å². The first-order valence-electron chi connectivity index (χ1n) is 15.4. The standard InChI is InChI=1S/C35H37F7O/c1-2-3-4-21-5-7-22(8-6-21)24-11-15-29(30(36)17-24)25-12-16-28(31(37)18-25)23-9-13-26(14-10-23)35(41,42)43-27-19-32(38)34(40)33(39)20-27/h11-12,15-23,26H,2-10,13-14H2,1H3. The third kappa shape index (κ3) is 7.21. The summed E-state index contributed by atoms with van der Waals surface area (Å²) in [5, 5.41) is 0. The molecule has 2 fully saturated rings. The zero-order valence-electron chi connectivity index (χ0n) is 24.3. The molecule has 0 heterocycles. The second kappa shape index (κ2) is 13.3. The van der Waals surface area contributed by atoms with Crippen molar-refractivity contribution in [2.45, 2.75) is 95.5 Å². The zero-order chi connectivity index (χ0) is 30.7. The lowest BCUT2D eigenvalue weighted by Gasteiger charge is -2.33. The van der Waals surface area contributed by atoms with Crippen molar-refractivity contribution in [1.29, 1.82) is 0 Å². The highest BCUT2D eigenvalue weighted by molar-refractivity contribution is 5.65. The van der Waals surface area contributed by atoms with Crippen LogP contribution in [0.25, 0.3) is 11.1 Å². The maximum atomic E-state index is 15.3. The van der Waals surface area contributed by atoms with Crippen LogP contribution in [-0.4, -0.2) is 6.11 Å². The van der Waals surface area contributed by atoms with Gasteiger partial charge in [0.1, 0.15) is 17.4 Å². The van der Waals surface area contributed by atoms with Gasteiger partial charge in [-0.25, -0.2) is 22.0 Å². The van der Waals surface area contributed by atoms with Gasteiger partial charge in [0.25, 0.3) is 0 Å². The molecule has 3 aromatic rings. The largest absolute Gasteiger partial charge is 0.432 e. The van der Waals surface area contributed by atoms with Gasteiger partial charge in [0.05, 0.1) is 5.92 Å². The number of halogens is 7. The summed E-state index contributed by atoms with van der Waals surface area (Å²) in [6, 6.07) is 10.6. The van der Waals surface area contributed by atoms with Crippen molar-refractivity contribution in [2.75, 3.05) is 0 Å². The minimum Gasteiger partial charge on any atom is -0.432 e. The fourth-order valence-electron chi connectivity index (χ4n) is 6.89. The summed E-state index contributed by atoms with van der Waals surface area (Å²) in [6.45, 7) is 2.21. The maximum Gasteiger partial charge on any atom is 0.400 e. The Morgan fingerprint density at radius 1 is 0.698 bits per heavy atom. The SMILES string of the molecule is CCCCC1CCC(c2ccc(-c3ccc(C4CCC(C(F)(F)Oc5cc(F)c(F)c(F)c5)CC4)c(F)c3)c(F)c2)CC1. The predicted molar refractivity (Wildman–Crippen MR) is 153 cm³/mol. The summed E-state index contributed by atoms with van der Waals surface area (Å²) in [6.07, 6.45) is 4.90. The molecule has 232 valence electrons. The van der Waals surface area contributed by atoms with E-state index >= 15 is 8.78 Å². The van der Waals surface area contributed by atoms with Gasteiger partial charge >= 0.3 is 6.11 Å². The van der Waals surface area contributed by atoms with E-state index in [-0.39, 0.29) is 37.4 Å². The van der Waals surface area contributed by atoms with Gasteiger partial charge in [0, 0.05) is 17.7 Å². The number of hydrogen-bond acceptors (Lipinski definition) is 1. The molecule has 2 aliphatic rings. The molecule has 0 aliphatic heterocycles. The van der Waals surface area contributed by atoms with Gasteiger partial charge in [-0.05, 0) is 97.9 Å². The number of hydrogen-bond donors (Lipinski definition) is 0. The van der Waals surface area contributed by atoms with Crippen LogP contribution in [0.1, 0.15) is 101 Å². The zero-order valence-corrected chi connectivity index (χ0v) is 24.3. The molecule has 0 N–H and O–H groups in total. The van der Waals surface area contributed by atoms with E-state index in [2.05, 4.69) is 11.7 Å². The highest BCUT2D eigenvalue weighted by Crippen LogP contribution is 2.45. The van der Waals surface area contributed by atoms with Crippen LogP contribution in [-0.2, 0) is 0 Å². The summed E-state index contributed by atoms with van der Waals surface area (Å²) >= 11 is 0. The van der Waals surface area contributed by atoms with E-state index < -0.39 is 41.0 Å². The first-order valence-corrected chi connectivity index (χ1v) is 15.4. The van der Waals surface area contributed by atoms with Crippen molar-refractivity contribution in [1.82, 2.24) is 0 Å². The van der Waals surface area contributed by atoms with E-state index in [1.165, 1.54) is 38.2 Å². The van der Waals surface area contributed by atoms with Crippen molar-refractivity contribution in [3.8, 4) is 16.9 Å². The predicted octanol–water partition coefficient (Wildman–Crippen LogP) is 11.5. The summed E-state index contributed by atoms with van der Waals surface area (Å²) in [7, 11) is 0. The second-order valence-electron chi connectivity index (χ2n) is 12.2. The highest BCUT2D eigenvalue weighted by atomic mass is 19.3. The van der Waals surface area contributed by atoms with E-state index in [0.29, 0.717) is 34.7 Å². The van der Waals surface area contributed by atoms with Crippen molar-refractivity contribution in [3.05, 3.63) is 88.7 Å². The number of unbranched alkanes of at least 4 members (excludes halogenated alkanes) is 1. The Morgan fingerprint density at radius 2 is 1.35 bits per heavy atom. The summed E-state index contributed by atoms with van der Waals surface area (Å²) in [5.74, 6) is -7.20. The lowest BCUT2D eigenvalue weighted by atomic mass is 9.76. The molecule has 2 aliphatic carbocycles. The molecule has 0 unspecified atom stereocenters. The number of alkyl halides is 2. The van der Waals surface area contributed by atoms with Crippen LogP contribution < -0.4 is 4.74 Å².